The summed E-state index contributed by atoms with van der Waals surface area (Å²) in [5, 5.41) is 9.95. The lowest BCUT2D eigenvalue weighted by atomic mass is 10.1. The van der Waals surface area contributed by atoms with Crippen molar-refractivity contribution in [2.45, 2.75) is 13.3 Å². The van der Waals surface area contributed by atoms with Crippen LogP contribution >= 0.6 is 0 Å². The Morgan fingerprint density at radius 3 is 2.65 bits per heavy atom. The zero-order valence-electron chi connectivity index (χ0n) is 19.4. The molecule has 0 aliphatic rings. The third-order valence-electron chi connectivity index (χ3n) is 5.94. The molecule has 0 radical (unpaired) electrons. The summed E-state index contributed by atoms with van der Waals surface area (Å²) in [6.45, 7) is 1.73. The van der Waals surface area contributed by atoms with E-state index < -0.39 is 11.6 Å². The number of nitrogens with one attached hydrogen (secondary N) is 3. The molecular formula is C26H18F2N8O. The van der Waals surface area contributed by atoms with Gasteiger partial charge in [-0.1, -0.05) is 25.1 Å². The Kier molecular flexibility index (Phi) is 5.37. The van der Waals surface area contributed by atoms with Crippen LogP contribution in [0, 0.1) is 11.6 Å². The topological polar surface area (TPSA) is 125 Å². The van der Waals surface area contributed by atoms with Crippen LogP contribution in [0.1, 0.15) is 13.3 Å². The van der Waals surface area contributed by atoms with Crippen molar-refractivity contribution < 1.29 is 13.6 Å². The number of anilines is 1. The van der Waals surface area contributed by atoms with Gasteiger partial charge in [-0.15, -0.1) is 0 Å². The van der Waals surface area contributed by atoms with Crippen molar-refractivity contribution in [2.24, 2.45) is 0 Å². The number of nitrogens with zero attached hydrogens (tertiary/aromatic N) is 5. The molecule has 37 heavy (non-hydrogen) atoms. The van der Waals surface area contributed by atoms with E-state index in [0.29, 0.717) is 45.3 Å². The van der Waals surface area contributed by atoms with Gasteiger partial charge in [-0.3, -0.25) is 24.8 Å². The van der Waals surface area contributed by atoms with Gasteiger partial charge in [-0.05, 0) is 12.1 Å². The van der Waals surface area contributed by atoms with E-state index >= 15 is 4.39 Å². The molecule has 0 atom stereocenters. The molecule has 0 unspecified atom stereocenters. The van der Waals surface area contributed by atoms with Crippen molar-refractivity contribution in [3.05, 3.63) is 73.0 Å². The van der Waals surface area contributed by atoms with E-state index in [1.165, 1.54) is 30.9 Å². The summed E-state index contributed by atoms with van der Waals surface area (Å²) in [6, 6.07) is 7.95. The van der Waals surface area contributed by atoms with E-state index in [1.54, 1.807) is 37.4 Å². The number of aromatic amines is 2. The molecule has 182 valence electrons. The Morgan fingerprint density at radius 2 is 1.81 bits per heavy atom. The molecule has 1 aromatic carbocycles. The highest BCUT2D eigenvalue weighted by atomic mass is 19.1. The van der Waals surface area contributed by atoms with E-state index in [4.69, 9.17) is 0 Å². The van der Waals surface area contributed by atoms with Crippen LogP contribution in [0.5, 0.6) is 0 Å². The first-order chi connectivity index (χ1) is 18.0. The van der Waals surface area contributed by atoms with Gasteiger partial charge in [0.2, 0.25) is 5.91 Å². The average Bonchev–Trinajstić information content (AvgIpc) is 3.54. The van der Waals surface area contributed by atoms with Crippen LogP contribution < -0.4 is 5.32 Å². The summed E-state index contributed by atoms with van der Waals surface area (Å²) in [5.74, 6) is -0.937. The number of fused-ring (bicyclic) bond motifs is 2. The van der Waals surface area contributed by atoms with Crippen molar-refractivity contribution in [3.8, 4) is 33.9 Å². The lowest BCUT2D eigenvalue weighted by molar-refractivity contribution is -0.115. The molecule has 11 heteroatoms. The van der Waals surface area contributed by atoms with Gasteiger partial charge in [0.1, 0.15) is 22.7 Å². The number of halogens is 2. The van der Waals surface area contributed by atoms with E-state index in [1.807, 2.05) is 0 Å². The number of aromatic nitrogens is 7. The second-order valence-electron chi connectivity index (χ2n) is 8.29. The highest BCUT2D eigenvalue weighted by Gasteiger charge is 2.22. The summed E-state index contributed by atoms with van der Waals surface area (Å²) in [5.41, 5.74) is 3.33. The molecule has 5 aromatic heterocycles. The van der Waals surface area contributed by atoms with Crippen LogP contribution in [0.15, 0.2) is 61.3 Å². The van der Waals surface area contributed by atoms with E-state index in [2.05, 4.69) is 40.4 Å². The Balaban J connectivity index is 1.48. The lowest BCUT2D eigenvalue weighted by Gasteiger charge is -2.07. The van der Waals surface area contributed by atoms with Crippen molar-refractivity contribution in [2.75, 3.05) is 5.32 Å². The summed E-state index contributed by atoms with van der Waals surface area (Å²) >= 11 is 0. The summed E-state index contributed by atoms with van der Waals surface area (Å²) < 4.78 is 30.4. The Labute approximate surface area is 208 Å². The minimum Gasteiger partial charge on any atom is -0.335 e. The molecule has 0 saturated carbocycles. The fraction of sp³-hybridized carbons (Fsp3) is 0.0769. The maximum atomic E-state index is 15.9. The number of rotatable bonds is 5. The van der Waals surface area contributed by atoms with Gasteiger partial charge < -0.3 is 10.3 Å². The molecule has 0 spiro atoms. The molecule has 1 amide bonds. The molecule has 0 aliphatic carbocycles. The number of amides is 1. The zero-order valence-corrected chi connectivity index (χ0v) is 19.4. The van der Waals surface area contributed by atoms with Gasteiger partial charge in [0.05, 0.1) is 40.7 Å². The number of imidazole rings is 1. The third-order valence-corrected chi connectivity index (χ3v) is 5.94. The van der Waals surface area contributed by atoms with E-state index in [9.17, 15) is 9.18 Å². The van der Waals surface area contributed by atoms with Crippen LogP contribution in [0.25, 0.3) is 55.8 Å². The molecular weight excluding hydrogens is 478 g/mol. The number of benzene rings is 1. The first kappa shape index (κ1) is 22.4. The highest BCUT2D eigenvalue weighted by Crippen LogP contribution is 2.34. The highest BCUT2D eigenvalue weighted by molar-refractivity contribution is 5.98. The molecule has 5 heterocycles. The third kappa shape index (κ3) is 3.86. The van der Waals surface area contributed by atoms with Crippen LogP contribution in [0.4, 0.5) is 14.5 Å². The second-order valence-corrected chi connectivity index (χ2v) is 8.29. The summed E-state index contributed by atoms with van der Waals surface area (Å²) in [6.07, 6.45) is 7.81. The van der Waals surface area contributed by atoms with Gasteiger partial charge in [-0.2, -0.15) is 5.10 Å². The molecule has 3 N–H and O–H groups in total. The Hall–Kier alpha value is -5.06. The number of pyridine rings is 3. The number of hydrogen-bond acceptors (Lipinski definition) is 6. The maximum Gasteiger partial charge on any atom is 0.224 e. The second kappa shape index (κ2) is 8.86. The quantitative estimate of drug-likeness (QED) is 0.299. The number of H-pyrrole nitrogens is 2. The van der Waals surface area contributed by atoms with Crippen LogP contribution in [-0.4, -0.2) is 41.0 Å². The number of carbonyl (C=O) groups is 1. The van der Waals surface area contributed by atoms with Gasteiger partial charge in [0, 0.05) is 35.5 Å². The largest absolute Gasteiger partial charge is 0.335 e. The maximum absolute atomic E-state index is 15.9. The van der Waals surface area contributed by atoms with Crippen LogP contribution in [-0.2, 0) is 4.79 Å². The lowest BCUT2D eigenvalue weighted by Crippen LogP contribution is -2.09. The molecule has 9 nitrogen and oxygen atoms in total. The van der Waals surface area contributed by atoms with Crippen molar-refractivity contribution in [1.82, 2.24) is 35.1 Å². The monoisotopic (exact) mass is 496 g/mol. The van der Waals surface area contributed by atoms with Gasteiger partial charge >= 0.3 is 0 Å². The first-order valence-corrected chi connectivity index (χ1v) is 11.4. The van der Waals surface area contributed by atoms with Crippen LogP contribution in [0.3, 0.4) is 0 Å². The predicted molar refractivity (Wildman–Crippen MR) is 134 cm³/mol. The van der Waals surface area contributed by atoms with E-state index in [-0.39, 0.29) is 28.5 Å². The smallest absolute Gasteiger partial charge is 0.224 e. The summed E-state index contributed by atoms with van der Waals surface area (Å²) in [4.78, 5) is 32.1. The molecule has 0 saturated heterocycles. The average molecular weight is 496 g/mol. The Morgan fingerprint density at radius 1 is 0.973 bits per heavy atom. The standard InChI is InChI=1S/C26H18F2N8O/c1-2-20(37)32-14-7-13(8-29-9-14)23-22(28)21-18(12-31-23)35-36-25(21)26-33-19-11-30-10-16(24(19)34-26)15-5-3-4-6-17(15)27/h3-12H,2H2,1H3,(H,32,37)(H,33,34)(H,35,36). The summed E-state index contributed by atoms with van der Waals surface area (Å²) in [7, 11) is 0. The number of hydrogen-bond donors (Lipinski definition) is 3. The van der Waals surface area contributed by atoms with Crippen molar-refractivity contribution >= 4 is 33.5 Å². The van der Waals surface area contributed by atoms with Gasteiger partial charge in [0.25, 0.3) is 0 Å². The fourth-order valence-electron chi connectivity index (χ4n) is 4.16. The first-order valence-electron chi connectivity index (χ1n) is 11.4. The van der Waals surface area contributed by atoms with Crippen molar-refractivity contribution in [1.29, 1.82) is 0 Å². The molecule has 0 aliphatic heterocycles. The Bertz CT molecular complexity index is 1810. The molecule has 0 fully saturated rings. The fourth-order valence-corrected chi connectivity index (χ4v) is 4.16. The predicted octanol–water partition coefficient (Wildman–Crippen LogP) is 5.25. The minimum absolute atomic E-state index is 0.0417. The number of carbonyl (C=O) groups excluding carboxylic acids is 1. The SMILES string of the molecule is CCC(=O)Nc1cncc(-c2ncc3[nH]nc(-c4nc5c(-c6ccccc6F)cncc5[nH]4)c3c2F)c1. The molecule has 6 aromatic rings. The molecule has 0 bridgehead atoms. The van der Waals surface area contributed by atoms with Crippen molar-refractivity contribution in [3.63, 3.8) is 0 Å². The normalized spacial score (nSPS) is 11.3. The van der Waals surface area contributed by atoms with Gasteiger partial charge in [-0.25, -0.2) is 13.8 Å². The van der Waals surface area contributed by atoms with Gasteiger partial charge in [0.15, 0.2) is 11.6 Å². The van der Waals surface area contributed by atoms with E-state index in [0.717, 1.165) is 0 Å². The zero-order chi connectivity index (χ0) is 25.5. The minimum atomic E-state index is -0.630. The molecule has 6 rings (SSSR count). The van der Waals surface area contributed by atoms with Crippen LogP contribution in [0.2, 0.25) is 0 Å².